The number of ether oxygens (including phenoxy) is 1. The number of rotatable bonds is 15. The molecule has 1 aromatic heterocycles. The molecule has 3 saturated heterocycles. The first-order valence-corrected chi connectivity index (χ1v) is 25.6. The molecule has 0 bridgehead atoms. The van der Waals surface area contributed by atoms with Crippen LogP contribution in [0.4, 0.5) is 28.8 Å². The third-order valence-electron chi connectivity index (χ3n) is 13.1. The summed E-state index contributed by atoms with van der Waals surface area (Å²) in [7, 11) is 0.978. The van der Waals surface area contributed by atoms with Gasteiger partial charge in [-0.15, -0.1) is 0 Å². The van der Waals surface area contributed by atoms with Gasteiger partial charge in [0, 0.05) is 99.4 Å². The van der Waals surface area contributed by atoms with Gasteiger partial charge in [-0.1, -0.05) is 47.7 Å². The van der Waals surface area contributed by atoms with Crippen molar-refractivity contribution in [2.45, 2.75) is 69.5 Å². The number of hydrogen-bond acceptors (Lipinski definition) is 13. The average molecular weight is 920 g/mol. The molecule has 14 nitrogen and oxygen atoms in total. The van der Waals surface area contributed by atoms with E-state index >= 15 is 0 Å². The van der Waals surface area contributed by atoms with Crippen LogP contribution in [0, 0.1) is 11.8 Å². The molecule has 3 N–H and O–H groups in total. The summed E-state index contributed by atoms with van der Waals surface area (Å²) in [4.78, 5) is 54.9. The van der Waals surface area contributed by atoms with E-state index in [-0.39, 0.29) is 11.8 Å². The Morgan fingerprint density at radius 2 is 1.74 bits per heavy atom. The zero-order valence-electron chi connectivity index (χ0n) is 37.7. The fourth-order valence-corrected chi connectivity index (χ4v) is 10.6. The number of aromatic nitrogens is 2. The molecule has 0 radical (unpaired) electrons. The normalized spacial score (nSPS) is 18.8. The molecule has 8 rings (SSSR count). The van der Waals surface area contributed by atoms with Crippen molar-refractivity contribution in [3.63, 3.8) is 0 Å². The number of carbonyl (C=O) groups is 3. The van der Waals surface area contributed by atoms with Crippen LogP contribution in [0.5, 0.6) is 5.75 Å². The number of nitrogens with zero attached hydrogens (tertiary/aromatic N) is 6. The number of methoxy groups -OCH3 is 1. The van der Waals surface area contributed by atoms with Gasteiger partial charge in [0.05, 0.1) is 30.7 Å². The van der Waals surface area contributed by atoms with E-state index in [2.05, 4.69) is 59.6 Å². The molecule has 1 atom stereocenters. The van der Waals surface area contributed by atoms with E-state index in [9.17, 15) is 18.9 Å². The summed E-state index contributed by atoms with van der Waals surface area (Å²) >= 11 is 6.56. The van der Waals surface area contributed by atoms with Gasteiger partial charge in [0.25, 0.3) is 0 Å². The number of benzene rings is 3. The molecule has 1 saturated carbocycles. The number of hydrogen-bond donors (Lipinski definition) is 3. The third kappa shape index (κ3) is 11.2. The number of nitrogens with one attached hydrogen (secondary N) is 3. The highest BCUT2D eigenvalue weighted by Crippen LogP contribution is 2.48. The fraction of sp³-hybridized carbons (Fsp3) is 0.449. The molecule has 1 aliphatic carbocycles. The molecular weight excluding hydrogens is 861 g/mol. The Kier molecular flexibility index (Phi) is 14.6. The molecule has 0 spiro atoms. The monoisotopic (exact) mass is 919 g/mol. The fourth-order valence-electron chi connectivity index (χ4n) is 9.33. The quantitative estimate of drug-likeness (QED) is 0.0495. The minimum absolute atomic E-state index is 0.247. The number of imide groups is 1. The third-order valence-corrected chi connectivity index (χ3v) is 14.9. The van der Waals surface area contributed by atoms with Crippen molar-refractivity contribution < 1.29 is 23.7 Å². The summed E-state index contributed by atoms with van der Waals surface area (Å²) < 4.78 is 19.0. The molecule has 4 aliphatic rings. The van der Waals surface area contributed by atoms with Gasteiger partial charge in [-0.3, -0.25) is 34.4 Å². The van der Waals surface area contributed by atoms with E-state index in [0.717, 1.165) is 112 Å². The predicted octanol–water partition coefficient (Wildman–Crippen LogP) is 6.83. The smallest absolute Gasteiger partial charge is 0.243 e. The molecule has 342 valence electrons. The van der Waals surface area contributed by atoms with Gasteiger partial charge in [0.2, 0.25) is 17.8 Å². The Hall–Kier alpha value is -5.29. The molecule has 4 fully saturated rings. The molecular formula is C49H59ClN9O5P. The van der Waals surface area contributed by atoms with Crippen LogP contribution in [0.2, 0.25) is 5.02 Å². The first-order valence-electron chi connectivity index (χ1n) is 22.6. The maximum absolute atomic E-state index is 13.0. The van der Waals surface area contributed by atoms with Gasteiger partial charge in [-0.25, -0.2) is 4.98 Å². The Labute approximate surface area is 387 Å². The van der Waals surface area contributed by atoms with Crippen molar-refractivity contribution in [3.05, 3.63) is 88.1 Å². The second-order valence-electron chi connectivity index (χ2n) is 17.9. The molecule has 4 heterocycles. The van der Waals surface area contributed by atoms with Crippen molar-refractivity contribution in [1.29, 1.82) is 0 Å². The maximum Gasteiger partial charge on any atom is 0.243 e. The van der Waals surface area contributed by atoms with Crippen molar-refractivity contribution in [3.8, 4) is 17.6 Å². The molecule has 16 heteroatoms. The highest BCUT2D eigenvalue weighted by molar-refractivity contribution is 7.70. The second-order valence-corrected chi connectivity index (χ2v) is 21.5. The van der Waals surface area contributed by atoms with Gasteiger partial charge in [-0.2, -0.15) is 4.98 Å². The van der Waals surface area contributed by atoms with Gasteiger partial charge in [0.1, 0.15) is 24.2 Å². The molecule has 3 aromatic carbocycles. The van der Waals surface area contributed by atoms with Crippen LogP contribution >= 0.6 is 18.7 Å². The molecule has 1 unspecified atom stereocenters. The number of anilines is 5. The number of halogens is 1. The average Bonchev–Trinajstić information content (AvgIpc) is 4.15. The number of carbonyl (C=O) groups excluding carboxylic acids is 3. The summed E-state index contributed by atoms with van der Waals surface area (Å²) in [5.74, 6) is 8.14. The van der Waals surface area contributed by atoms with E-state index in [1.165, 1.54) is 11.3 Å². The Bertz CT molecular complexity index is 2520. The number of aldehydes is 1. The SMILES string of the molecule is COc1cc(N2CCC(N3CCN(CCC#Cc4cccc(C=O)c4CN(C)C4CCC(=O)NC4=O)CC3)CC2)c(C2CC2)cc1Nc1ncc(Cl)c(Nc2ccccc2P(C)(C)=O)n1. The lowest BCUT2D eigenvalue weighted by Gasteiger charge is -2.43. The van der Waals surface area contributed by atoms with E-state index in [4.69, 9.17) is 21.3 Å². The first-order chi connectivity index (χ1) is 31.4. The van der Waals surface area contributed by atoms with E-state index < -0.39 is 13.2 Å². The van der Waals surface area contributed by atoms with Crippen molar-refractivity contribution >= 4 is 71.0 Å². The highest BCUT2D eigenvalue weighted by atomic mass is 35.5. The predicted molar refractivity (Wildman–Crippen MR) is 258 cm³/mol. The lowest BCUT2D eigenvalue weighted by Crippen LogP contribution is -2.53. The summed E-state index contributed by atoms with van der Waals surface area (Å²) in [6, 6.07) is 17.5. The largest absolute Gasteiger partial charge is 0.494 e. The van der Waals surface area contributed by atoms with E-state index in [1.807, 2.05) is 48.3 Å². The van der Waals surface area contributed by atoms with Crippen LogP contribution in [-0.2, 0) is 20.7 Å². The van der Waals surface area contributed by atoms with Crippen LogP contribution in [0.25, 0.3) is 0 Å². The van der Waals surface area contributed by atoms with Crippen molar-refractivity contribution in [2.24, 2.45) is 0 Å². The Balaban J connectivity index is 0.845. The van der Waals surface area contributed by atoms with Gasteiger partial charge in [0.15, 0.2) is 5.82 Å². The second kappa shape index (κ2) is 20.5. The van der Waals surface area contributed by atoms with Crippen LogP contribution in [0.3, 0.4) is 0 Å². The molecule has 2 amide bonds. The standard InChI is InChI=1S/C49H59ClN9O5P/c1-56(42-17-18-46(61)54-48(42)62)31-38-33(11-9-12-35(38)32-60)10-7-8-21-57-24-26-58(27-25-57)36-19-22-59(23-20-36)43-29-44(64-2)41(28-37(43)34-15-16-34)53-49-51-30-39(50)47(55-49)52-40-13-5-6-14-45(40)65(3,4)63/h5-6,9,11-14,28-30,32,34,36,42H,8,15-27,31H2,1-4H3,(H,54,61,62)(H2,51,52,53,55). The van der Waals surface area contributed by atoms with E-state index in [0.29, 0.717) is 59.4 Å². The number of piperidine rings is 2. The minimum atomic E-state index is -2.56. The van der Waals surface area contributed by atoms with E-state index in [1.54, 1.807) is 32.7 Å². The number of likely N-dealkylation sites (N-methyl/N-ethyl adjacent to an activating group) is 1. The van der Waals surface area contributed by atoms with Crippen LogP contribution in [0.15, 0.2) is 60.8 Å². The lowest BCUT2D eigenvalue weighted by atomic mass is 9.98. The lowest BCUT2D eigenvalue weighted by molar-refractivity contribution is -0.137. The van der Waals surface area contributed by atoms with Crippen LogP contribution < -0.4 is 30.9 Å². The van der Waals surface area contributed by atoms with Crippen molar-refractivity contribution in [1.82, 2.24) is 30.0 Å². The summed E-state index contributed by atoms with van der Waals surface area (Å²) in [6.45, 7) is 10.8. The van der Waals surface area contributed by atoms with Crippen molar-refractivity contribution in [2.75, 3.05) is 88.8 Å². The van der Waals surface area contributed by atoms with Gasteiger partial charge >= 0.3 is 0 Å². The summed E-state index contributed by atoms with van der Waals surface area (Å²) in [5, 5.41) is 10.2. The zero-order valence-corrected chi connectivity index (χ0v) is 39.4. The maximum atomic E-state index is 13.0. The summed E-state index contributed by atoms with van der Waals surface area (Å²) in [5.41, 5.74) is 6.21. The topological polar surface area (TPSA) is 152 Å². The number of amides is 2. The van der Waals surface area contributed by atoms with Crippen LogP contribution in [0.1, 0.15) is 77.9 Å². The van der Waals surface area contributed by atoms with Gasteiger partial charge < -0.3 is 24.8 Å². The zero-order chi connectivity index (χ0) is 45.7. The number of piperazine rings is 1. The molecule has 65 heavy (non-hydrogen) atoms. The van der Waals surface area contributed by atoms with Crippen LogP contribution in [-0.4, -0.2) is 128 Å². The Morgan fingerprint density at radius 1 is 0.969 bits per heavy atom. The van der Waals surface area contributed by atoms with Gasteiger partial charge in [-0.05, 0) is 93.8 Å². The molecule has 4 aromatic rings. The molecule has 3 aliphatic heterocycles. The number of para-hydroxylation sites is 1. The minimum Gasteiger partial charge on any atom is -0.494 e. The highest BCUT2D eigenvalue weighted by Gasteiger charge is 2.34. The first kappa shape index (κ1) is 46.2. The Morgan fingerprint density at radius 3 is 2.45 bits per heavy atom. The summed E-state index contributed by atoms with van der Waals surface area (Å²) in [6.07, 6.45) is 8.40.